The Morgan fingerprint density at radius 2 is 1.85 bits per heavy atom. The van der Waals surface area contributed by atoms with Crippen molar-refractivity contribution in [2.75, 3.05) is 11.9 Å². The second kappa shape index (κ2) is 7.25. The fourth-order valence-electron chi connectivity index (χ4n) is 3.40. The van der Waals surface area contributed by atoms with Crippen LogP contribution in [0.2, 0.25) is 10.0 Å². The zero-order valence-corrected chi connectivity index (χ0v) is 15.7. The van der Waals surface area contributed by atoms with Crippen LogP contribution in [0.15, 0.2) is 60.8 Å². The number of urea groups is 1. The van der Waals surface area contributed by atoms with E-state index in [1.54, 1.807) is 41.3 Å². The first-order valence-electron chi connectivity index (χ1n) is 8.47. The van der Waals surface area contributed by atoms with E-state index in [0.717, 1.165) is 5.69 Å². The van der Waals surface area contributed by atoms with Gasteiger partial charge in [-0.15, -0.1) is 0 Å². The molecular weight excluding hydrogens is 388 g/mol. The lowest BCUT2D eigenvalue weighted by atomic mass is 9.99. The number of amides is 2. The Balaban J connectivity index is 1.69. The molecule has 2 heterocycles. The van der Waals surface area contributed by atoms with E-state index >= 15 is 0 Å². The molecule has 1 atom stereocenters. The van der Waals surface area contributed by atoms with Gasteiger partial charge in [-0.3, -0.25) is 0 Å². The van der Waals surface area contributed by atoms with Crippen LogP contribution in [0.25, 0.3) is 0 Å². The molecular formula is C20H16Cl2FN3O. The summed E-state index contributed by atoms with van der Waals surface area (Å²) in [5.74, 6) is -0.343. The number of hydrogen-bond donors (Lipinski definition) is 1. The van der Waals surface area contributed by atoms with E-state index in [2.05, 4.69) is 5.32 Å². The number of anilines is 1. The third-order valence-electron chi connectivity index (χ3n) is 4.67. The highest BCUT2D eigenvalue weighted by Gasteiger charge is 2.33. The summed E-state index contributed by atoms with van der Waals surface area (Å²) in [6, 6.07) is 14.4. The molecule has 138 valence electrons. The van der Waals surface area contributed by atoms with Crippen molar-refractivity contribution >= 4 is 34.9 Å². The van der Waals surface area contributed by atoms with Crippen molar-refractivity contribution in [3.05, 3.63) is 87.9 Å². The van der Waals surface area contributed by atoms with Crippen LogP contribution in [0.4, 0.5) is 14.9 Å². The summed E-state index contributed by atoms with van der Waals surface area (Å²) in [7, 11) is 0. The molecule has 4 nitrogen and oxygen atoms in total. The van der Waals surface area contributed by atoms with Gasteiger partial charge in [-0.1, -0.05) is 41.4 Å². The number of rotatable bonds is 2. The number of hydrogen-bond acceptors (Lipinski definition) is 1. The van der Waals surface area contributed by atoms with Crippen LogP contribution in [-0.2, 0) is 6.54 Å². The van der Waals surface area contributed by atoms with Gasteiger partial charge in [-0.25, -0.2) is 9.18 Å². The van der Waals surface area contributed by atoms with E-state index in [4.69, 9.17) is 23.2 Å². The van der Waals surface area contributed by atoms with Crippen LogP contribution in [-0.4, -0.2) is 22.0 Å². The fraction of sp³-hybridized carbons (Fsp3) is 0.150. The number of halogens is 3. The number of fused-ring (bicyclic) bond motifs is 1. The average Bonchev–Trinajstić information content (AvgIpc) is 3.13. The smallest absolute Gasteiger partial charge is 0.322 e. The zero-order chi connectivity index (χ0) is 19.0. The molecule has 1 N–H and O–H groups in total. The van der Waals surface area contributed by atoms with Crippen LogP contribution in [0.1, 0.15) is 17.3 Å². The molecule has 0 saturated heterocycles. The topological polar surface area (TPSA) is 37.3 Å². The maximum absolute atomic E-state index is 14.5. The number of carbonyl (C=O) groups is 1. The van der Waals surface area contributed by atoms with Gasteiger partial charge in [0.05, 0.1) is 10.0 Å². The molecule has 2 aromatic carbocycles. The van der Waals surface area contributed by atoms with E-state index in [-0.39, 0.29) is 11.8 Å². The third-order valence-corrected chi connectivity index (χ3v) is 5.41. The van der Waals surface area contributed by atoms with Gasteiger partial charge >= 0.3 is 6.03 Å². The molecule has 1 aliphatic rings. The van der Waals surface area contributed by atoms with Crippen molar-refractivity contribution in [3.63, 3.8) is 0 Å². The van der Waals surface area contributed by atoms with Crippen molar-refractivity contribution < 1.29 is 9.18 Å². The van der Waals surface area contributed by atoms with Crippen LogP contribution < -0.4 is 5.32 Å². The molecule has 1 aromatic heterocycles. The SMILES string of the molecule is O=C(Nc1ccc(Cl)c(Cl)c1)N1CCn2cccc2C1c1ccccc1F. The summed E-state index contributed by atoms with van der Waals surface area (Å²) in [5, 5.41) is 3.60. The highest BCUT2D eigenvalue weighted by molar-refractivity contribution is 6.42. The summed E-state index contributed by atoms with van der Waals surface area (Å²) >= 11 is 12.0. The van der Waals surface area contributed by atoms with E-state index in [9.17, 15) is 9.18 Å². The monoisotopic (exact) mass is 403 g/mol. The summed E-state index contributed by atoms with van der Waals surface area (Å²) in [5.41, 5.74) is 1.86. The Bertz CT molecular complexity index is 1000. The molecule has 27 heavy (non-hydrogen) atoms. The van der Waals surface area contributed by atoms with E-state index in [1.807, 2.05) is 22.9 Å². The van der Waals surface area contributed by atoms with Crippen LogP contribution >= 0.6 is 23.2 Å². The van der Waals surface area contributed by atoms with Gasteiger partial charge in [-0.05, 0) is 36.4 Å². The lowest BCUT2D eigenvalue weighted by molar-refractivity contribution is 0.180. The summed E-state index contributed by atoms with van der Waals surface area (Å²) in [6.07, 6.45) is 1.94. The predicted octanol–water partition coefficient (Wildman–Crippen LogP) is 5.57. The molecule has 0 saturated carbocycles. The number of carbonyl (C=O) groups excluding carboxylic acids is 1. The Labute approximate surface area is 166 Å². The van der Waals surface area contributed by atoms with Gasteiger partial charge in [0.2, 0.25) is 0 Å². The molecule has 0 radical (unpaired) electrons. The number of nitrogens with zero attached hydrogens (tertiary/aromatic N) is 2. The van der Waals surface area contributed by atoms with Crippen molar-refractivity contribution in [3.8, 4) is 0 Å². The van der Waals surface area contributed by atoms with Gasteiger partial charge in [0.15, 0.2) is 0 Å². The van der Waals surface area contributed by atoms with Crippen LogP contribution in [0.3, 0.4) is 0 Å². The molecule has 1 aliphatic heterocycles. The molecule has 0 spiro atoms. The largest absolute Gasteiger partial charge is 0.348 e. The average molecular weight is 404 g/mol. The predicted molar refractivity (Wildman–Crippen MR) is 105 cm³/mol. The lowest BCUT2D eigenvalue weighted by Gasteiger charge is -2.37. The summed E-state index contributed by atoms with van der Waals surface area (Å²) in [6.45, 7) is 1.09. The van der Waals surface area contributed by atoms with Crippen molar-refractivity contribution in [1.29, 1.82) is 0 Å². The minimum absolute atomic E-state index is 0.325. The first-order chi connectivity index (χ1) is 13.0. The minimum Gasteiger partial charge on any atom is -0.348 e. The van der Waals surface area contributed by atoms with E-state index in [0.29, 0.717) is 34.4 Å². The third kappa shape index (κ3) is 3.40. The molecule has 3 aromatic rings. The fourth-order valence-corrected chi connectivity index (χ4v) is 3.69. The first kappa shape index (κ1) is 17.9. The van der Waals surface area contributed by atoms with Gasteiger partial charge in [0, 0.05) is 36.2 Å². The number of benzene rings is 2. The van der Waals surface area contributed by atoms with Crippen molar-refractivity contribution in [2.24, 2.45) is 0 Å². The number of nitrogens with one attached hydrogen (secondary N) is 1. The van der Waals surface area contributed by atoms with Gasteiger partial charge in [0.1, 0.15) is 11.9 Å². The van der Waals surface area contributed by atoms with Crippen LogP contribution in [0.5, 0.6) is 0 Å². The molecule has 0 fully saturated rings. The van der Waals surface area contributed by atoms with Crippen molar-refractivity contribution in [2.45, 2.75) is 12.6 Å². The lowest BCUT2D eigenvalue weighted by Crippen LogP contribution is -2.44. The second-order valence-electron chi connectivity index (χ2n) is 6.30. The van der Waals surface area contributed by atoms with Gasteiger partial charge < -0.3 is 14.8 Å². The molecule has 0 aliphatic carbocycles. The highest BCUT2D eigenvalue weighted by atomic mass is 35.5. The Morgan fingerprint density at radius 3 is 2.63 bits per heavy atom. The number of aromatic nitrogens is 1. The second-order valence-corrected chi connectivity index (χ2v) is 7.12. The normalized spacial score (nSPS) is 16.1. The quantitative estimate of drug-likeness (QED) is 0.596. The summed E-state index contributed by atoms with van der Waals surface area (Å²) in [4.78, 5) is 14.6. The highest BCUT2D eigenvalue weighted by Crippen LogP contribution is 2.34. The van der Waals surface area contributed by atoms with E-state index in [1.165, 1.54) is 6.07 Å². The maximum atomic E-state index is 14.5. The Kier molecular flexibility index (Phi) is 4.81. The Morgan fingerprint density at radius 1 is 1.04 bits per heavy atom. The zero-order valence-electron chi connectivity index (χ0n) is 14.2. The molecule has 2 amide bonds. The molecule has 1 unspecified atom stereocenters. The first-order valence-corrected chi connectivity index (χ1v) is 9.22. The van der Waals surface area contributed by atoms with Gasteiger partial charge in [-0.2, -0.15) is 0 Å². The van der Waals surface area contributed by atoms with Crippen LogP contribution in [0, 0.1) is 5.82 Å². The molecule has 7 heteroatoms. The molecule has 0 bridgehead atoms. The van der Waals surface area contributed by atoms with Gasteiger partial charge in [0.25, 0.3) is 0 Å². The molecule has 4 rings (SSSR count). The summed E-state index contributed by atoms with van der Waals surface area (Å²) < 4.78 is 16.6. The minimum atomic E-state index is -0.516. The standard InChI is InChI=1S/C20H16Cl2FN3O/c21-15-8-7-13(12-16(15)22)24-20(27)26-11-10-25-9-3-6-18(25)19(26)14-4-1-2-5-17(14)23/h1-9,12,19H,10-11H2,(H,24,27). The van der Waals surface area contributed by atoms with Crippen molar-refractivity contribution in [1.82, 2.24) is 9.47 Å². The maximum Gasteiger partial charge on any atom is 0.322 e. The Hall–Kier alpha value is -2.50. The van der Waals surface area contributed by atoms with E-state index < -0.39 is 6.04 Å².